The van der Waals surface area contributed by atoms with E-state index in [1.165, 1.54) is 0 Å². The van der Waals surface area contributed by atoms with Gasteiger partial charge in [0.05, 0.1) is 5.69 Å². The van der Waals surface area contributed by atoms with Crippen LogP contribution in [-0.4, -0.2) is 23.7 Å². The van der Waals surface area contributed by atoms with Crippen LogP contribution in [0.1, 0.15) is 28.4 Å². The molecule has 0 bridgehead atoms. The molecule has 3 aromatic rings. The zero-order valence-corrected chi connectivity index (χ0v) is 16.0. The molecule has 0 saturated carbocycles. The number of nitrogens with zero attached hydrogens (tertiary/aromatic N) is 1. The van der Waals surface area contributed by atoms with E-state index in [1.807, 2.05) is 50.4 Å². The van der Waals surface area contributed by atoms with Gasteiger partial charge in [0.25, 0.3) is 0 Å². The van der Waals surface area contributed by atoms with E-state index in [-0.39, 0.29) is 0 Å². The number of anilines is 1. The van der Waals surface area contributed by atoms with Gasteiger partial charge in [0.2, 0.25) is 5.91 Å². The van der Waals surface area contributed by atoms with Gasteiger partial charge < -0.3 is 21.2 Å². The van der Waals surface area contributed by atoms with Crippen molar-refractivity contribution < 1.29 is 9.53 Å². The Bertz CT molecular complexity index is 1060. The summed E-state index contributed by atoms with van der Waals surface area (Å²) in [5, 5.41) is 10.9. The van der Waals surface area contributed by atoms with Crippen LogP contribution < -0.4 is 15.8 Å². The second-order valence-electron chi connectivity index (χ2n) is 6.46. The van der Waals surface area contributed by atoms with E-state index in [2.05, 4.69) is 10.3 Å². The van der Waals surface area contributed by atoms with Crippen LogP contribution >= 0.6 is 0 Å². The number of hydrogen-bond donors (Lipinski definition) is 3. The number of ether oxygens (including phenoxy) is 1. The number of rotatable bonds is 6. The molecule has 0 fully saturated rings. The molecule has 0 unspecified atom stereocenters. The molecule has 142 valence electrons. The third-order valence-corrected chi connectivity index (χ3v) is 4.42. The third kappa shape index (κ3) is 4.01. The van der Waals surface area contributed by atoms with Gasteiger partial charge in [-0.1, -0.05) is 6.07 Å². The molecule has 4 N–H and O–H groups in total. The van der Waals surface area contributed by atoms with Gasteiger partial charge in [0.1, 0.15) is 11.5 Å². The highest BCUT2D eigenvalue weighted by molar-refractivity contribution is 6.01. The summed E-state index contributed by atoms with van der Waals surface area (Å²) in [6.07, 6.45) is 1.68. The van der Waals surface area contributed by atoms with Crippen LogP contribution in [0.2, 0.25) is 0 Å². The van der Waals surface area contributed by atoms with Crippen molar-refractivity contribution in [3.8, 4) is 22.8 Å². The first-order valence-corrected chi connectivity index (χ1v) is 8.81. The maximum Gasteiger partial charge on any atom is 0.248 e. The van der Waals surface area contributed by atoms with Crippen LogP contribution in [0.5, 0.6) is 11.5 Å². The first-order chi connectivity index (χ1) is 13.4. The van der Waals surface area contributed by atoms with Crippen molar-refractivity contribution in [2.75, 3.05) is 12.4 Å². The van der Waals surface area contributed by atoms with E-state index in [0.717, 1.165) is 28.1 Å². The summed E-state index contributed by atoms with van der Waals surface area (Å²) in [7, 11) is 1.81. The summed E-state index contributed by atoms with van der Waals surface area (Å²) < 4.78 is 5.99. The second kappa shape index (κ2) is 7.92. The smallest absolute Gasteiger partial charge is 0.248 e. The van der Waals surface area contributed by atoms with Crippen LogP contribution in [-0.2, 0) is 0 Å². The number of carbonyl (C=O) groups is 1. The zero-order chi connectivity index (χ0) is 20.3. The van der Waals surface area contributed by atoms with E-state index in [9.17, 15) is 4.79 Å². The van der Waals surface area contributed by atoms with E-state index in [1.54, 1.807) is 25.3 Å². The fourth-order valence-electron chi connectivity index (χ4n) is 2.99. The Kier molecular flexibility index (Phi) is 5.40. The van der Waals surface area contributed by atoms with Crippen molar-refractivity contribution >= 4 is 17.3 Å². The summed E-state index contributed by atoms with van der Waals surface area (Å²) in [6, 6.07) is 14.6. The number of pyridine rings is 1. The predicted octanol–water partition coefficient (Wildman–Crippen LogP) is 4.38. The minimum Gasteiger partial charge on any atom is -0.457 e. The highest BCUT2D eigenvalue weighted by Crippen LogP contribution is 2.29. The summed E-state index contributed by atoms with van der Waals surface area (Å²) in [6.45, 7) is 3.59. The monoisotopic (exact) mass is 374 g/mol. The van der Waals surface area contributed by atoms with Crippen molar-refractivity contribution in [2.24, 2.45) is 5.73 Å². The molecule has 0 aliphatic carbocycles. The number of carbonyl (C=O) groups excluding carboxylic acids is 1. The number of primary amides is 1. The molecule has 2 aromatic carbocycles. The molecule has 28 heavy (non-hydrogen) atoms. The molecule has 3 rings (SSSR count). The number of nitrogens with one attached hydrogen (secondary N) is 2. The number of hydrogen-bond acceptors (Lipinski definition) is 5. The summed E-state index contributed by atoms with van der Waals surface area (Å²) >= 11 is 0. The van der Waals surface area contributed by atoms with Crippen LogP contribution in [0.25, 0.3) is 11.3 Å². The highest BCUT2D eigenvalue weighted by atomic mass is 16.5. The highest BCUT2D eigenvalue weighted by Gasteiger charge is 2.10. The Labute approximate surface area is 163 Å². The first kappa shape index (κ1) is 19.1. The maximum absolute atomic E-state index is 11.4. The Hall–Kier alpha value is -3.67. The topological polar surface area (TPSA) is 101 Å². The molecule has 0 spiro atoms. The van der Waals surface area contributed by atoms with E-state index in [4.69, 9.17) is 15.9 Å². The molecular weight excluding hydrogens is 352 g/mol. The minimum atomic E-state index is -0.446. The number of amides is 1. The SMILES string of the molecule is CNc1cc(Oc2ccnc(-c3ccc(C(N)=O)c(C)c3)c2)ccc1C(C)=N. The molecule has 1 amide bonds. The first-order valence-electron chi connectivity index (χ1n) is 8.81. The lowest BCUT2D eigenvalue weighted by molar-refractivity contribution is 0.0999. The Morgan fingerprint density at radius 2 is 1.79 bits per heavy atom. The lowest BCUT2D eigenvalue weighted by atomic mass is 10.0. The fourth-order valence-corrected chi connectivity index (χ4v) is 2.99. The standard InChI is InChI=1S/C22H22N4O2/c1-13-10-15(4-6-18(13)22(24)27)20-11-17(8-9-26-20)28-16-5-7-19(14(2)23)21(12-16)25-3/h4-12,23,25H,1-3H3,(H2,24,27). The van der Waals surface area contributed by atoms with Gasteiger partial charge in [-0.15, -0.1) is 0 Å². The van der Waals surface area contributed by atoms with Gasteiger partial charge >= 0.3 is 0 Å². The molecule has 0 saturated heterocycles. The Morgan fingerprint density at radius 1 is 1.07 bits per heavy atom. The third-order valence-electron chi connectivity index (χ3n) is 4.42. The molecule has 1 heterocycles. The summed E-state index contributed by atoms with van der Waals surface area (Å²) in [5.41, 5.74) is 10.4. The minimum absolute atomic E-state index is 0.446. The van der Waals surface area contributed by atoms with Crippen molar-refractivity contribution in [3.63, 3.8) is 0 Å². The van der Waals surface area contributed by atoms with Crippen molar-refractivity contribution in [1.82, 2.24) is 4.98 Å². The fraction of sp³-hybridized carbons (Fsp3) is 0.136. The lowest BCUT2D eigenvalue weighted by Crippen LogP contribution is -2.12. The molecular formula is C22H22N4O2. The Morgan fingerprint density at radius 3 is 2.43 bits per heavy atom. The molecule has 6 heteroatoms. The number of benzene rings is 2. The molecule has 6 nitrogen and oxygen atoms in total. The summed E-state index contributed by atoms with van der Waals surface area (Å²) in [5.74, 6) is 0.854. The van der Waals surface area contributed by atoms with Gasteiger partial charge in [0, 0.05) is 53.5 Å². The molecule has 0 atom stereocenters. The van der Waals surface area contributed by atoms with Gasteiger partial charge in [-0.3, -0.25) is 9.78 Å². The normalized spacial score (nSPS) is 10.4. The average Bonchev–Trinajstić information content (AvgIpc) is 2.67. The van der Waals surface area contributed by atoms with Crippen molar-refractivity contribution in [3.05, 3.63) is 71.4 Å². The molecule has 1 aromatic heterocycles. The average molecular weight is 374 g/mol. The number of aromatic nitrogens is 1. The molecule has 0 radical (unpaired) electrons. The van der Waals surface area contributed by atoms with Crippen molar-refractivity contribution in [1.29, 1.82) is 5.41 Å². The van der Waals surface area contributed by atoms with E-state index in [0.29, 0.717) is 22.8 Å². The molecule has 0 aliphatic rings. The van der Waals surface area contributed by atoms with Crippen molar-refractivity contribution in [2.45, 2.75) is 13.8 Å². The Balaban J connectivity index is 1.89. The van der Waals surface area contributed by atoms with E-state index >= 15 is 0 Å². The van der Waals surface area contributed by atoms with Crippen LogP contribution in [0.3, 0.4) is 0 Å². The quantitative estimate of drug-likeness (QED) is 0.557. The van der Waals surface area contributed by atoms with Gasteiger partial charge in [-0.2, -0.15) is 0 Å². The van der Waals surface area contributed by atoms with Crippen LogP contribution in [0.4, 0.5) is 5.69 Å². The van der Waals surface area contributed by atoms with Gasteiger partial charge in [-0.05, 0) is 49.7 Å². The van der Waals surface area contributed by atoms with Crippen LogP contribution in [0.15, 0.2) is 54.7 Å². The molecule has 0 aliphatic heterocycles. The maximum atomic E-state index is 11.4. The number of aryl methyl sites for hydroxylation is 1. The number of nitrogens with two attached hydrogens (primary N) is 1. The van der Waals surface area contributed by atoms with E-state index < -0.39 is 5.91 Å². The van der Waals surface area contributed by atoms with Crippen LogP contribution in [0, 0.1) is 12.3 Å². The van der Waals surface area contributed by atoms with Gasteiger partial charge in [-0.25, -0.2) is 0 Å². The van der Waals surface area contributed by atoms with Gasteiger partial charge in [0.15, 0.2) is 0 Å². The predicted molar refractivity (Wildman–Crippen MR) is 111 cm³/mol. The zero-order valence-electron chi connectivity index (χ0n) is 16.0. The lowest BCUT2D eigenvalue weighted by Gasteiger charge is -2.12. The largest absolute Gasteiger partial charge is 0.457 e. The summed E-state index contributed by atoms with van der Waals surface area (Å²) in [4.78, 5) is 15.8. The second-order valence-corrected chi connectivity index (χ2v) is 6.46.